The predicted octanol–water partition coefficient (Wildman–Crippen LogP) is 4.94. The Morgan fingerprint density at radius 2 is 1.92 bits per heavy atom. The molecule has 0 aliphatic carbocycles. The fourth-order valence-electron chi connectivity index (χ4n) is 2.48. The Hall–Kier alpha value is 0.200. The van der Waals surface area contributed by atoms with Gasteiger partial charge in [0.15, 0.2) is 0 Å². The molecule has 0 saturated heterocycles. The first-order chi connectivity index (χ1) is 11.4. The van der Waals surface area contributed by atoms with Gasteiger partial charge in [-0.2, -0.15) is 8.42 Å². The maximum atomic E-state index is 11.6. The van der Waals surface area contributed by atoms with Crippen LogP contribution in [0.4, 0.5) is 0 Å². The summed E-state index contributed by atoms with van der Waals surface area (Å²) in [5, 5.41) is 0. The van der Waals surface area contributed by atoms with Crippen molar-refractivity contribution in [3.63, 3.8) is 0 Å². The number of rotatable bonds is 8. The summed E-state index contributed by atoms with van der Waals surface area (Å²) in [6.45, 7) is 2.17. The average molecular weight is 429 g/mol. The molecule has 4 nitrogen and oxygen atoms in total. The molecule has 1 heterocycles. The van der Waals surface area contributed by atoms with Crippen molar-refractivity contribution < 1.29 is 17.7 Å². The molecule has 0 amide bonds. The van der Waals surface area contributed by atoms with Crippen molar-refractivity contribution in [1.29, 1.82) is 0 Å². The second kappa shape index (κ2) is 10.5. The van der Waals surface area contributed by atoms with Gasteiger partial charge in [-0.15, -0.1) is 0 Å². The van der Waals surface area contributed by atoms with Gasteiger partial charge in [0.2, 0.25) is 0 Å². The molecule has 134 valence electrons. The van der Waals surface area contributed by atoms with Crippen molar-refractivity contribution in [2.75, 3.05) is 7.11 Å². The number of hydrogen-bond acceptors (Lipinski definition) is 6. The standard InChI is InChI=1S/C16H20O4S4.Na.H/c1-3-4-5-6-7-13-15(16(21)23-22-13)11-8-9-12(20-2)14(10-11)24(17,18)19;;/h8-10H,3-7H2,1-2H3,(H,17,18,19);;. The quantitative estimate of drug-likeness (QED) is 0.212. The summed E-state index contributed by atoms with van der Waals surface area (Å²) in [4.78, 5) is 0.942. The molecule has 2 rings (SSSR count). The molecule has 0 fully saturated rings. The molecule has 0 atom stereocenters. The third kappa shape index (κ3) is 6.10. The molecule has 0 bridgehead atoms. The van der Waals surface area contributed by atoms with E-state index in [1.54, 1.807) is 22.5 Å². The molecule has 1 N–H and O–H groups in total. The molecule has 0 radical (unpaired) electrons. The average Bonchev–Trinajstić information content (AvgIpc) is 2.91. The van der Waals surface area contributed by atoms with E-state index in [4.69, 9.17) is 17.0 Å². The van der Waals surface area contributed by atoms with Crippen LogP contribution in [0.2, 0.25) is 0 Å². The second-order valence-corrected chi connectivity index (χ2v) is 9.69. The van der Waals surface area contributed by atoms with Gasteiger partial charge in [-0.25, -0.2) is 0 Å². The van der Waals surface area contributed by atoms with Crippen molar-refractivity contribution >= 4 is 72.6 Å². The zero-order valence-electron chi connectivity index (χ0n) is 13.6. The third-order valence-electron chi connectivity index (χ3n) is 3.69. The van der Waals surface area contributed by atoms with Crippen LogP contribution in [0.25, 0.3) is 11.1 Å². The van der Waals surface area contributed by atoms with Gasteiger partial charge < -0.3 is 4.74 Å². The van der Waals surface area contributed by atoms with Crippen molar-refractivity contribution in [3.8, 4) is 16.9 Å². The molecule has 0 saturated carbocycles. The van der Waals surface area contributed by atoms with Crippen molar-refractivity contribution in [3.05, 3.63) is 26.9 Å². The molecule has 9 heteroatoms. The minimum absolute atomic E-state index is 0. The molecule has 0 aliphatic rings. The van der Waals surface area contributed by atoms with Crippen LogP contribution in [0.15, 0.2) is 23.1 Å². The van der Waals surface area contributed by atoms with Crippen LogP contribution in [0.3, 0.4) is 0 Å². The molecule has 0 unspecified atom stereocenters. The van der Waals surface area contributed by atoms with E-state index in [-0.39, 0.29) is 40.2 Å². The first-order valence-electron chi connectivity index (χ1n) is 7.66. The molecule has 0 spiro atoms. The van der Waals surface area contributed by atoms with E-state index in [2.05, 4.69) is 6.92 Å². The molecule has 1 aromatic carbocycles. The van der Waals surface area contributed by atoms with Crippen LogP contribution in [0.1, 0.15) is 37.5 Å². The zero-order chi connectivity index (χ0) is 17.7. The van der Waals surface area contributed by atoms with E-state index in [1.165, 1.54) is 47.7 Å². The van der Waals surface area contributed by atoms with Crippen LogP contribution in [-0.4, -0.2) is 49.6 Å². The van der Waals surface area contributed by atoms with Gasteiger partial charge in [-0.3, -0.25) is 4.55 Å². The second-order valence-electron chi connectivity index (χ2n) is 5.40. The zero-order valence-corrected chi connectivity index (χ0v) is 16.8. The van der Waals surface area contributed by atoms with E-state index in [0.29, 0.717) is 5.56 Å². The normalized spacial score (nSPS) is 11.2. The Bertz CT molecular complexity index is 855. The fraction of sp³-hybridized carbons (Fsp3) is 0.438. The van der Waals surface area contributed by atoms with Crippen LogP contribution in [0.5, 0.6) is 5.75 Å². The van der Waals surface area contributed by atoms with Crippen molar-refractivity contribution in [2.24, 2.45) is 0 Å². The van der Waals surface area contributed by atoms with Crippen molar-refractivity contribution in [2.45, 2.75) is 43.9 Å². The van der Waals surface area contributed by atoms with Crippen molar-refractivity contribution in [1.82, 2.24) is 0 Å². The summed E-state index contributed by atoms with van der Waals surface area (Å²) in [6, 6.07) is 4.78. The Morgan fingerprint density at radius 1 is 1.20 bits per heavy atom. The van der Waals surface area contributed by atoms with Gasteiger partial charge in [0, 0.05) is 10.4 Å². The summed E-state index contributed by atoms with van der Waals surface area (Å²) in [6.07, 6.45) is 5.58. The first kappa shape index (κ1) is 23.2. The van der Waals surface area contributed by atoms with Gasteiger partial charge in [0.1, 0.15) is 14.5 Å². The molecule has 1 aromatic heterocycles. The van der Waals surface area contributed by atoms with E-state index in [1.807, 2.05) is 0 Å². The van der Waals surface area contributed by atoms with Crippen LogP contribution < -0.4 is 4.74 Å². The van der Waals surface area contributed by atoms with E-state index < -0.39 is 10.1 Å². The number of ether oxygens (including phenoxy) is 1. The Kier molecular flexibility index (Phi) is 9.77. The molecule has 25 heavy (non-hydrogen) atoms. The monoisotopic (exact) mass is 428 g/mol. The predicted molar refractivity (Wildman–Crippen MR) is 110 cm³/mol. The summed E-state index contributed by atoms with van der Waals surface area (Å²) < 4.78 is 38.4. The van der Waals surface area contributed by atoms with Gasteiger partial charge in [-0.05, 0) is 30.5 Å². The fourth-order valence-corrected chi connectivity index (χ4v) is 6.15. The minimum atomic E-state index is -4.36. The van der Waals surface area contributed by atoms with E-state index in [9.17, 15) is 13.0 Å². The molecule has 0 aliphatic heterocycles. The topological polar surface area (TPSA) is 63.6 Å². The van der Waals surface area contributed by atoms with Crippen LogP contribution >= 0.6 is 32.9 Å². The third-order valence-corrected chi connectivity index (χ3v) is 7.74. The van der Waals surface area contributed by atoms with E-state index >= 15 is 0 Å². The SMILES string of the molecule is CCCCCCc1ssc(=S)c1-c1ccc(OC)c(S(=O)(=O)O)c1.[NaH]. The van der Waals surface area contributed by atoms with Gasteiger partial charge in [0.25, 0.3) is 10.1 Å². The summed E-state index contributed by atoms with van der Waals surface area (Å²) in [5.41, 5.74) is 1.61. The van der Waals surface area contributed by atoms with E-state index in [0.717, 1.165) is 22.2 Å². The van der Waals surface area contributed by atoms with Crippen LogP contribution in [0, 0.1) is 3.82 Å². The molecule has 2 aromatic rings. The maximum absolute atomic E-state index is 11.6. The summed E-state index contributed by atoms with van der Waals surface area (Å²) in [5.74, 6) is 0.121. The Balaban J connectivity index is 0.00000312. The Morgan fingerprint density at radius 3 is 2.52 bits per heavy atom. The van der Waals surface area contributed by atoms with Gasteiger partial charge >= 0.3 is 29.6 Å². The number of methoxy groups -OCH3 is 1. The summed E-state index contributed by atoms with van der Waals surface area (Å²) >= 11 is 5.44. The molecular weight excluding hydrogens is 407 g/mol. The van der Waals surface area contributed by atoms with Gasteiger partial charge in [-0.1, -0.05) is 65.2 Å². The number of unbranched alkanes of at least 4 members (excludes halogenated alkanes) is 3. The van der Waals surface area contributed by atoms with Gasteiger partial charge in [0.05, 0.1) is 7.11 Å². The number of aryl methyl sites for hydroxylation is 1. The first-order valence-corrected chi connectivity index (χ1v) is 11.7. The number of hydrogen-bond donors (Lipinski definition) is 1. The Labute approximate surface area is 183 Å². The summed E-state index contributed by atoms with van der Waals surface area (Å²) in [7, 11) is 0.181. The van der Waals surface area contributed by atoms with Crippen LogP contribution in [-0.2, 0) is 16.5 Å². The molecular formula is C16H21NaO4S4. The number of benzene rings is 1.